The van der Waals surface area contributed by atoms with Crippen LogP contribution in [0.2, 0.25) is 0 Å². The Balaban J connectivity index is 2.58. The number of aryl methyl sites for hydroxylation is 1. The van der Waals surface area contributed by atoms with Gasteiger partial charge in [-0.25, -0.2) is 8.42 Å². The summed E-state index contributed by atoms with van der Waals surface area (Å²) in [7, 11) is -2.91. The number of aromatic nitrogens is 3. The van der Waals surface area contributed by atoms with Gasteiger partial charge in [-0.05, 0) is 6.92 Å². The third-order valence-electron chi connectivity index (χ3n) is 2.32. The van der Waals surface area contributed by atoms with E-state index in [1.807, 2.05) is 11.5 Å². The highest BCUT2D eigenvalue weighted by Gasteiger charge is 2.11. The zero-order valence-electron chi connectivity index (χ0n) is 10.1. The van der Waals surface area contributed by atoms with E-state index in [9.17, 15) is 8.42 Å². The molecular weight excluding hydrogens is 260 g/mol. The van der Waals surface area contributed by atoms with E-state index in [0.29, 0.717) is 18.8 Å². The Kier molecular flexibility index (Phi) is 5.41. The van der Waals surface area contributed by atoms with Crippen molar-refractivity contribution in [3.63, 3.8) is 0 Å². The lowest BCUT2D eigenvalue weighted by Crippen LogP contribution is -2.13. The van der Waals surface area contributed by atoms with Crippen molar-refractivity contribution in [1.29, 1.82) is 0 Å². The molecule has 0 saturated heterocycles. The van der Waals surface area contributed by atoms with Crippen molar-refractivity contribution in [2.24, 2.45) is 5.73 Å². The molecule has 1 heterocycles. The molecular formula is C9H18N4O2S2. The molecule has 0 amide bonds. The Morgan fingerprint density at radius 2 is 2.12 bits per heavy atom. The van der Waals surface area contributed by atoms with Crippen molar-refractivity contribution >= 4 is 21.6 Å². The highest BCUT2D eigenvalue weighted by molar-refractivity contribution is 8.00. The second-order valence-corrected chi connectivity index (χ2v) is 7.09. The summed E-state index contributed by atoms with van der Waals surface area (Å²) in [4.78, 5) is 0. The van der Waals surface area contributed by atoms with Crippen molar-refractivity contribution in [2.75, 3.05) is 23.8 Å². The van der Waals surface area contributed by atoms with E-state index in [1.54, 1.807) is 6.92 Å². The molecule has 6 nitrogen and oxygen atoms in total. The fourth-order valence-corrected chi connectivity index (χ4v) is 3.56. The smallest absolute Gasteiger partial charge is 0.191 e. The van der Waals surface area contributed by atoms with Gasteiger partial charge < -0.3 is 10.3 Å². The van der Waals surface area contributed by atoms with Gasteiger partial charge in [-0.2, -0.15) is 0 Å². The number of thioether (sulfide) groups is 1. The Morgan fingerprint density at radius 3 is 2.71 bits per heavy atom. The second kappa shape index (κ2) is 6.36. The monoisotopic (exact) mass is 278 g/mol. The van der Waals surface area contributed by atoms with Gasteiger partial charge in [0.05, 0.1) is 5.75 Å². The molecule has 8 heteroatoms. The molecule has 0 fully saturated rings. The van der Waals surface area contributed by atoms with Gasteiger partial charge in [0.25, 0.3) is 0 Å². The SMILES string of the molecule is CCS(=O)(=O)CCSc1nnc(C)n1CCN. The molecule has 0 unspecified atom stereocenters. The molecule has 0 atom stereocenters. The fourth-order valence-electron chi connectivity index (χ4n) is 1.26. The molecule has 0 radical (unpaired) electrons. The molecule has 17 heavy (non-hydrogen) atoms. The van der Waals surface area contributed by atoms with E-state index in [1.165, 1.54) is 11.8 Å². The molecule has 0 aliphatic rings. The topological polar surface area (TPSA) is 90.9 Å². The summed E-state index contributed by atoms with van der Waals surface area (Å²) >= 11 is 1.40. The molecule has 1 rings (SSSR count). The summed E-state index contributed by atoms with van der Waals surface area (Å²) in [6.07, 6.45) is 0. The number of sulfone groups is 1. The third-order valence-corrected chi connectivity index (χ3v) is 5.25. The lowest BCUT2D eigenvalue weighted by molar-refractivity contribution is 0.598. The van der Waals surface area contributed by atoms with Crippen LogP contribution in [0, 0.1) is 6.92 Å². The average molecular weight is 278 g/mol. The van der Waals surface area contributed by atoms with Crippen LogP contribution in [0.15, 0.2) is 5.16 Å². The Morgan fingerprint density at radius 1 is 1.41 bits per heavy atom. The van der Waals surface area contributed by atoms with Crippen LogP contribution in [0.25, 0.3) is 0 Å². The maximum Gasteiger partial charge on any atom is 0.191 e. The molecule has 1 aromatic heterocycles. The Hall–Kier alpha value is -0.600. The van der Waals surface area contributed by atoms with Crippen LogP contribution in [-0.2, 0) is 16.4 Å². The van der Waals surface area contributed by atoms with Gasteiger partial charge in [-0.3, -0.25) is 0 Å². The van der Waals surface area contributed by atoms with Crippen LogP contribution in [0.5, 0.6) is 0 Å². The quantitative estimate of drug-likeness (QED) is 0.710. The summed E-state index contributed by atoms with van der Waals surface area (Å²) in [5, 5.41) is 8.70. The molecule has 0 spiro atoms. The van der Waals surface area contributed by atoms with Crippen molar-refractivity contribution in [2.45, 2.75) is 25.5 Å². The van der Waals surface area contributed by atoms with Crippen LogP contribution in [0.1, 0.15) is 12.7 Å². The zero-order chi connectivity index (χ0) is 12.9. The van der Waals surface area contributed by atoms with Gasteiger partial charge in [0, 0.05) is 24.6 Å². The van der Waals surface area contributed by atoms with E-state index in [0.717, 1.165) is 11.0 Å². The van der Waals surface area contributed by atoms with Gasteiger partial charge in [0.15, 0.2) is 15.0 Å². The highest BCUT2D eigenvalue weighted by Crippen LogP contribution is 2.16. The van der Waals surface area contributed by atoms with Gasteiger partial charge in [0.2, 0.25) is 0 Å². The first kappa shape index (κ1) is 14.5. The van der Waals surface area contributed by atoms with Gasteiger partial charge in [0.1, 0.15) is 5.82 Å². The van der Waals surface area contributed by atoms with E-state index in [-0.39, 0.29) is 11.5 Å². The zero-order valence-corrected chi connectivity index (χ0v) is 11.7. The number of rotatable bonds is 7. The van der Waals surface area contributed by atoms with E-state index in [4.69, 9.17) is 5.73 Å². The molecule has 0 bridgehead atoms. The summed E-state index contributed by atoms with van der Waals surface area (Å²) in [6.45, 7) is 4.68. The first-order chi connectivity index (χ1) is 8.00. The maximum atomic E-state index is 11.3. The summed E-state index contributed by atoms with van der Waals surface area (Å²) in [5.74, 6) is 1.65. The molecule has 0 aliphatic heterocycles. The van der Waals surface area contributed by atoms with Crippen LogP contribution < -0.4 is 5.73 Å². The van der Waals surface area contributed by atoms with Crippen molar-refractivity contribution in [3.05, 3.63) is 5.82 Å². The largest absolute Gasteiger partial charge is 0.329 e. The van der Waals surface area contributed by atoms with Crippen molar-refractivity contribution < 1.29 is 8.42 Å². The van der Waals surface area contributed by atoms with E-state index in [2.05, 4.69) is 10.2 Å². The number of hydrogen-bond donors (Lipinski definition) is 1. The van der Waals surface area contributed by atoms with Crippen LogP contribution >= 0.6 is 11.8 Å². The average Bonchev–Trinajstić information content (AvgIpc) is 2.62. The molecule has 2 N–H and O–H groups in total. The highest BCUT2D eigenvalue weighted by atomic mass is 32.2. The minimum absolute atomic E-state index is 0.169. The third kappa shape index (κ3) is 4.29. The molecule has 0 saturated carbocycles. The molecule has 0 aliphatic carbocycles. The fraction of sp³-hybridized carbons (Fsp3) is 0.778. The van der Waals surface area contributed by atoms with E-state index >= 15 is 0 Å². The van der Waals surface area contributed by atoms with Gasteiger partial charge in [-0.15, -0.1) is 10.2 Å². The first-order valence-electron chi connectivity index (χ1n) is 5.43. The summed E-state index contributed by atoms with van der Waals surface area (Å²) in [5.41, 5.74) is 5.50. The van der Waals surface area contributed by atoms with Crippen LogP contribution in [-0.4, -0.2) is 47.0 Å². The predicted molar refractivity (Wildman–Crippen MR) is 68.9 cm³/mol. The van der Waals surface area contributed by atoms with Gasteiger partial charge >= 0.3 is 0 Å². The maximum absolute atomic E-state index is 11.3. The summed E-state index contributed by atoms with van der Waals surface area (Å²) < 4.78 is 24.6. The standard InChI is InChI=1S/C9H18N4O2S2/c1-3-17(14,15)7-6-16-9-12-11-8(2)13(9)5-4-10/h3-7,10H2,1-2H3. The Bertz CT molecular complexity index is 456. The minimum Gasteiger partial charge on any atom is -0.329 e. The van der Waals surface area contributed by atoms with E-state index < -0.39 is 9.84 Å². The number of nitrogens with two attached hydrogens (primary N) is 1. The van der Waals surface area contributed by atoms with Crippen LogP contribution in [0.3, 0.4) is 0 Å². The predicted octanol–water partition coefficient (Wildman–Crippen LogP) is 0.0720. The summed E-state index contributed by atoms with van der Waals surface area (Å²) in [6, 6.07) is 0. The minimum atomic E-state index is -2.91. The van der Waals surface area contributed by atoms with Crippen molar-refractivity contribution in [3.8, 4) is 0 Å². The lowest BCUT2D eigenvalue weighted by atomic mass is 10.6. The van der Waals surface area contributed by atoms with Gasteiger partial charge in [-0.1, -0.05) is 18.7 Å². The Labute approximate surface area is 106 Å². The normalized spacial score (nSPS) is 11.9. The number of nitrogens with zero attached hydrogens (tertiary/aromatic N) is 3. The first-order valence-corrected chi connectivity index (χ1v) is 8.24. The molecule has 0 aromatic carbocycles. The molecule has 1 aromatic rings. The van der Waals surface area contributed by atoms with Crippen LogP contribution in [0.4, 0.5) is 0 Å². The second-order valence-electron chi connectivity index (χ2n) is 3.55. The van der Waals surface area contributed by atoms with Crippen molar-refractivity contribution in [1.82, 2.24) is 14.8 Å². The molecule has 98 valence electrons. The number of hydrogen-bond acceptors (Lipinski definition) is 6. The lowest BCUT2D eigenvalue weighted by Gasteiger charge is -2.06.